The van der Waals surface area contributed by atoms with Gasteiger partial charge in [-0.15, -0.1) is 0 Å². The van der Waals surface area contributed by atoms with Gasteiger partial charge in [0.05, 0.1) is 5.56 Å². The second kappa shape index (κ2) is 6.34. The van der Waals surface area contributed by atoms with E-state index in [1.54, 1.807) is 6.07 Å². The third-order valence-corrected chi connectivity index (χ3v) is 3.25. The molecule has 0 bridgehead atoms. The normalized spacial score (nSPS) is 12.3. The molecule has 1 amide bonds. The first-order chi connectivity index (χ1) is 9.65. The van der Waals surface area contributed by atoms with Gasteiger partial charge < -0.3 is 16.0 Å². The van der Waals surface area contributed by atoms with Crippen molar-refractivity contribution >= 4 is 16.8 Å². The number of hydrogen-bond acceptors (Lipinski definition) is 3. The summed E-state index contributed by atoms with van der Waals surface area (Å²) in [6, 6.07) is 8.52. The minimum atomic E-state index is -0.284. The Morgan fingerprint density at radius 2 is 2.15 bits per heavy atom. The summed E-state index contributed by atoms with van der Waals surface area (Å²) in [6.45, 7) is 2.43. The number of aromatic amines is 1. The van der Waals surface area contributed by atoms with Gasteiger partial charge in [0.2, 0.25) is 5.56 Å². The van der Waals surface area contributed by atoms with Crippen LogP contribution in [0.15, 0.2) is 35.1 Å². The lowest BCUT2D eigenvalue weighted by Crippen LogP contribution is -2.40. The van der Waals surface area contributed by atoms with E-state index in [0.29, 0.717) is 17.6 Å². The number of amides is 1. The average molecular weight is 273 g/mol. The van der Waals surface area contributed by atoms with Crippen LogP contribution >= 0.6 is 0 Å². The molecule has 2 rings (SSSR count). The van der Waals surface area contributed by atoms with Crippen molar-refractivity contribution in [3.8, 4) is 0 Å². The molecular weight excluding hydrogens is 254 g/mol. The second-order valence-corrected chi connectivity index (χ2v) is 4.79. The zero-order chi connectivity index (χ0) is 14.5. The maximum absolute atomic E-state index is 12.3. The summed E-state index contributed by atoms with van der Waals surface area (Å²) in [5, 5.41) is 3.62. The largest absolute Gasteiger partial charge is 0.348 e. The molecule has 0 aliphatic rings. The Labute approximate surface area is 117 Å². The molecule has 5 nitrogen and oxygen atoms in total. The molecule has 0 aliphatic heterocycles. The molecule has 0 aliphatic carbocycles. The van der Waals surface area contributed by atoms with Gasteiger partial charge in [-0.2, -0.15) is 0 Å². The van der Waals surface area contributed by atoms with Crippen molar-refractivity contribution in [2.75, 3.05) is 6.54 Å². The molecule has 0 radical (unpaired) electrons. The molecule has 106 valence electrons. The van der Waals surface area contributed by atoms with E-state index in [1.807, 2.05) is 25.1 Å². The Hall–Kier alpha value is -2.14. The van der Waals surface area contributed by atoms with E-state index < -0.39 is 0 Å². The summed E-state index contributed by atoms with van der Waals surface area (Å²) >= 11 is 0. The van der Waals surface area contributed by atoms with E-state index in [0.717, 1.165) is 18.2 Å². The molecule has 1 atom stereocenters. The monoisotopic (exact) mass is 273 g/mol. The van der Waals surface area contributed by atoms with Crippen molar-refractivity contribution in [2.24, 2.45) is 5.73 Å². The van der Waals surface area contributed by atoms with Crippen molar-refractivity contribution in [3.63, 3.8) is 0 Å². The molecule has 2 aromatic rings. The smallest absolute Gasteiger partial charge is 0.252 e. The van der Waals surface area contributed by atoms with Crippen LogP contribution in [-0.4, -0.2) is 23.5 Å². The van der Waals surface area contributed by atoms with Gasteiger partial charge in [-0.1, -0.05) is 31.5 Å². The minimum Gasteiger partial charge on any atom is -0.348 e. The fourth-order valence-electron chi connectivity index (χ4n) is 2.25. The first-order valence-corrected chi connectivity index (χ1v) is 6.78. The number of pyridine rings is 1. The lowest BCUT2D eigenvalue weighted by molar-refractivity contribution is 0.0937. The summed E-state index contributed by atoms with van der Waals surface area (Å²) in [7, 11) is 0. The maximum Gasteiger partial charge on any atom is 0.252 e. The first-order valence-electron chi connectivity index (χ1n) is 6.78. The Bertz CT molecular complexity index is 663. The lowest BCUT2D eigenvalue weighted by atomic mass is 10.1. The summed E-state index contributed by atoms with van der Waals surface area (Å²) in [5.41, 5.74) is 6.41. The number of aromatic nitrogens is 1. The molecule has 0 fully saturated rings. The van der Waals surface area contributed by atoms with E-state index in [1.165, 1.54) is 6.07 Å². The number of para-hydroxylation sites is 1. The van der Waals surface area contributed by atoms with Crippen molar-refractivity contribution in [1.82, 2.24) is 10.3 Å². The molecule has 1 unspecified atom stereocenters. The standard InChI is InChI=1S/C15H19N3O2/c1-2-5-10(9-16)17-15(20)12-8-14(19)18-13-7-4-3-6-11(12)13/h3-4,6-8,10H,2,5,9,16H2,1H3,(H,17,20)(H,18,19). The van der Waals surface area contributed by atoms with Crippen LogP contribution in [-0.2, 0) is 0 Å². The summed E-state index contributed by atoms with van der Waals surface area (Å²) < 4.78 is 0. The van der Waals surface area contributed by atoms with Crippen LogP contribution in [0, 0.1) is 0 Å². The zero-order valence-electron chi connectivity index (χ0n) is 11.5. The summed E-state index contributed by atoms with van der Waals surface area (Å²) in [5.74, 6) is -0.254. The summed E-state index contributed by atoms with van der Waals surface area (Å²) in [6.07, 6.45) is 1.77. The second-order valence-electron chi connectivity index (χ2n) is 4.79. The van der Waals surface area contributed by atoms with Crippen molar-refractivity contribution in [1.29, 1.82) is 0 Å². The number of fused-ring (bicyclic) bond motifs is 1. The van der Waals surface area contributed by atoms with Crippen LogP contribution in [0.1, 0.15) is 30.1 Å². The Kier molecular flexibility index (Phi) is 4.53. The third kappa shape index (κ3) is 3.05. The number of nitrogens with one attached hydrogen (secondary N) is 2. The average Bonchev–Trinajstić information content (AvgIpc) is 2.45. The van der Waals surface area contributed by atoms with Gasteiger partial charge in [0, 0.05) is 29.6 Å². The molecule has 0 spiro atoms. The Balaban J connectivity index is 2.36. The quantitative estimate of drug-likeness (QED) is 0.769. The number of nitrogens with two attached hydrogens (primary N) is 1. The number of carbonyl (C=O) groups excluding carboxylic acids is 1. The fourth-order valence-corrected chi connectivity index (χ4v) is 2.25. The molecule has 1 aromatic carbocycles. The van der Waals surface area contributed by atoms with Crippen molar-refractivity contribution in [3.05, 3.63) is 46.2 Å². The zero-order valence-corrected chi connectivity index (χ0v) is 11.5. The molecule has 4 N–H and O–H groups in total. The molecule has 20 heavy (non-hydrogen) atoms. The number of benzene rings is 1. The number of H-pyrrole nitrogens is 1. The van der Waals surface area contributed by atoms with Crippen molar-refractivity contribution in [2.45, 2.75) is 25.8 Å². The van der Waals surface area contributed by atoms with Crippen LogP contribution in [0.4, 0.5) is 0 Å². The predicted molar refractivity (Wildman–Crippen MR) is 79.8 cm³/mol. The molecule has 0 saturated carbocycles. The van der Waals surface area contributed by atoms with Gasteiger partial charge >= 0.3 is 0 Å². The highest BCUT2D eigenvalue weighted by atomic mass is 16.2. The molecule has 0 saturated heterocycles. The minimum absolute atomic E-state index is 0.0643. The molecule has 5 heteroatoms. The molecule has 1 aromatic heterocycles. The van der Waals surface area contributed by atoms with Crippen LogP contribution < -0.4 is 16.6 Å². The molecule has 1 heterocycles. The van der Waals surface area contributed by atoms with Crippen molar-refractivity contribution < 1.29 is 4.79 Å². The highest BCUT2D eigenvalue weighted by molar-refractivity contribution is 6.06. The Morgan fingerprint density at radius 3 is 2.85 bits per heavy atom. The van der Waals surface area contributed by atoms with Gasteiger partial charge in [0.15, 0.2) is 0 Å². The van der Waals surface area contributed by atoms with E-state index in [-0.39, 0.29) is 17.5 Å². The summed E-state index contributed by atoms with van der Waals surface area (Å²) in [4.78, 5) is 26.7. The van der Waals surface area contributed by atoms with E-state index in [4.69, 9.17) is 5.73 Å². The van der Waals surface area contributed by atoms with E-state index in [9.17, 15) is 9.59 Å². The lowest BCUT2D eigenvalue weighted by Gasteiger charge is -2.16. The van der Waals surface area contributed by atoms with Crippen LogP contribution in [0.2, 0.25) is 0 Å². The first kappa shape index (κ1) is 14.3. The molecular formula is C15H19N3O2. The van der Waals surface area contributed by atoms with Gasteiger partial charge in [-0.25, -0.2) is 0 Å². The predicted octanol–water partition coefficient (Wildman–Crippen LogP) is 1.39. The van der Waals surface area contributed by atoms with Crippen LogP contribution in [0.3, 0.4) is 0 Å². The third-order valence-electron chi connectivity index (χ3n) is 3.25. The number of hydrogen-bond donors (Lipinski definition) is 3. The van der Waals surface area contributed by atoms with Gasteiger partial charge in [-0.3, -0.25) is 9.59 Å². The Morgan fingerprint density at radius 1 is 1.40 bits per heavy atom. The van der Waals surface area contributed by atoms with Gasteiger partial charge in [0.25, 0.3) is 5.91 Å². The van der Waals surface area contributed by atoms with Crippen LogP contribution in [0.25, 0.3) is 10.9 Å². The van der Waals surface area contributed by atoms with E-state index >= 15 is 0 Å². The topological polar surface area (TPSA) is 88.0 Å². The number of carbonyl (C=O) groups is 1. The highest BCUT2D eigenvalue weighted by Crippen LogP contribution is 2.14. The van der Waals surface area contributed by atoms with Crippen LogP contribution in [0.5, 0.6) is 0 Å². The van der Waals surface area contributed by atoms with E-state index in [2.05, 4.69) is 10.3 Å². The maximum atomic E-state index is 12.3. The van der Waals surface area contributed by atoms with Gasteiger partial charge in [-0.05, 0) is 12.5 Å². The SMILES string of the molecule is CCCC(CN)NC(=O)c1cc(=O)[nH]c2ccccc12. The highest BCUT2D eigenvalue weighted by Gasteiger charge is 2.15. The fraction of sp³-hybridized carbons (Fsp3) is 0.333. The van der Waals surface area contributed by atoms with Gasteiger partial charge in [0.1, 0.15) is 0 Å². The number of rotatable bonds is 5.